The largest absolute Gasteiger partial charge is 0.445 e. The third kappa shape index (κ3) is 7.42. The number of ether oxygens (including phenoxy) is 3. The standard InChI is InChI=1S/C23H29N5O8S2.ClH/c1-5-6-12(13-9-38-21(24)26-13)16(29)27-14-17(30)28-15(11(7-34-22(25)33)8-37-18(14)28)19(31)35-10-36-20(32)23(2,3)4;/h6,9,14,18H,5,7-8,10H2,1-4H3,(H2,24,26)(H2,25,33)(H,27,29);1H/t14-,18-;/m1./s1. The van der Waals surface area contributed by atoms with Crippen LogP contribution in [-0.4, -0.2) is 70.3 Å². The molecule has 2 aliphatic rings. The summed E-state index contributed by atoms with van der Waals surface area (Å²) < 4.78 is 14.9. The maximum Gasteiger partial charge on any atom is 0.404 e. The number of nitrogens with one attached hydrogen (secondary N) is 1. The van der Waals surface area contributed by atoms with E-state index in [1.165, 1.54) is 23.1 Å². The molecule has 5 N–H and O–H groups in total. The van der Waals surface area contributed by atoms with Gasteiger partial charge in [0.25, 0.3) is 11.8 Å². The number of halogens is 1. The van der Waals surface area contributed by atoms with Crippen molar-refractivity contribution in [3.63, 3.8) is 0 Å². The van der Waals surface area contributed by atoms with Gasteiger partial charge in [-0.2, -0.15) is 0 Å². The molecule has 214 valence electrons. The van der Waals surface area contributed by atoms with Crippen LogP contribution in [0.15, 0.2) is 22.7 Å². The average Bonchev–Trinajstić information content (AvgIpc) is 3.28. The van der Waals surface area contributed by atoms with Crippen molar-refractivity contribution in [1.82, 2.24) is 15.2 Å². The van der Waals surface area contributed by atoms with E-state index in [9.17, 15) is 24.0 Å². The van der Waals surface area contributed by atoms with Crippen molar-refractivity contribution >= 4 is 76.1 Å². The predicted molar refractivity (Wildman–Crippen MR) is 146 cm³/mol. The van der Waals surface area contributed by atoms with Gasteiger partial charge in [0.15, 0.2) is 5.13 Å². The number of allylic oxidation sites excluding steroid dienone is 1. The fraction of sp³-hybridized carbons (Fsp3) is 0.478. The van der Waals surface area contributed by atoms with Crippen LogP contribution in [0.1, 0.15) is 39.8 Å². The molecule has 0 aliphatic carbocycles. The fourth-order valence-electron chi connectivity index (χ4n) is 3.51. The SMILES string of the molecule is CCC=C(C(=O)N[C@@H]1C(=O)N2C(C(=O)OCOC(=O)C(C)(C)C)=C(COC(N)=O)CS[C@H]12)c1csc(N)n1.Cl. The molecule has 0 spiro atoms. The van der Waals surface area contributed by atoms with Crippen LogP contribution in [0, 0.1) is 5.41 Å². The van der Waals surface area contributed by atoms with E-state index in [1.807, 2.05) is 6.92 Å². The number of esters is 2. The number of rotatable bonds is 9. The number of thioether (sulfide) groups is 1. The maximum absolute atomic E-state index is 13.1. The summed E-state index contributed by atoms with van der Waals surface area (Å²) in [5, 5.41) is 4.03. The second-order valence-corrected chi connectivity index (χ2v) is 11.2. The lowest BCUT2D eigenvalue weighted by Crippen LogP contribution is -2.70. The van der Waals surface area contributed by atoms with Gasteiger partial charge in [-0.05, 0) is 27.2 Å². The summed E-state index contributed by atoms with van der Waals surface area (Å²) in [5.41, 5.74) is 10.7. The van der Waals surface area contributed by atoms with Crippen LogP contribution in [-0.2, 0) is 33.4 Å². The van der Waals surface area contributed by atoms with Crippen LogP contribution >= 0.6 is 35.5 Å². The monoisotopic (exact) mass is 603 g/mol. The number of hydrogen-bond donors (Lipinski definition) is 3. The number of thiazole rings is 1. The van der Waals surface area contributed by atoms with Crippen molar-refractivity contribution in [3.05, 3.63) is 28.4 Å². The zero-order chi connectivity index (χ0) is 28.2. The lowest BCUT2D eigenvalue weighted by atomic mass is 9.98. The Hall–Kier alpha value is -3.30. The third-order valence-electron chi connectivity index (χ3n) is 5.36. The van der Waals surface area contributed by atoms with Crippen molar-refractivity contribution in [2.45, 2.75) is 45.5 Å². The molecule has 0 saturated carbocycles. The lowest BCUT2D eigenvalue weighted by Gasteiger charge is -2.49. The number of amides is 3. The summed E-state index contributed by atoms with van der Waals surface area (Å²) in [6.45, 7) is 5.74. The Morgan fingerprint density at radius 2 is 1.92 bits per heavy atom. The van der Waals surface area contributed by atoms with Gasteiger partial charge in [-0.15, -0.1) is 35.5 Å². The minimum Gasteiger partial charge on any atom is -0.445 e. The van der Waals surface area contributed by atoms with Crippen LogP contribution in [0.25, 0.3) is 5.57 Å². The fourth-order valence-corrected chi connectivity index (χ4v) is 5.40. The topological polar surface area (TPSA) is 193 Å². The molecule has 1 saturated heterocycles. The summed E-state index contributed by atoms with van der Waals surface area (Å²) in [6.07, 6.45) is 1.17. The molecule has 1 fully saturated rings. The smallest absolute Gasteiger partial charge is 0.404 e. The van der Waals surface area contributed by atoms with Crippen molar-refractivity contribution in [1.29, 1.82) is 0 Å². The van der Waals surface area contributed by atoms with Gasteiger partial charge in [0.05, 0.1) is 16.7 Å². The molecule has 13 nitrogen and oxygen atoms in total. The van der Waals surface area contributed by atoms with E-state index >= 15 is 0 Å². The number of β-lactam (4-membered cyclic amide) rings is 1. The number of nitrogens with two attached hydrogens (primary N) is 2. The highest BCUT2D eigenvalue weighted by Gasteiger charge is 2.54. The summed E-state index contributed by atoms with van der Waals surface area (Å²) in [6, 6.07) is -0.941. The molecule has 39 heavy (non-hydrogen) atoms. The quantitative estimate of drug-likeness (QED) is 0.161. The molecule has 0 radical (unpaired) electrons. The normalized spacial score (nSPS) is 18.8. The van der Waals surface area contributed by atoms with Crippen molar-refractivity contribution in [2.75, 3.05) is 24.9 Å². The Kier molecular flexibility index (Phi) is 10.8. The zero-order valence-corrected chi connectivity index (χ0v) is 24.1. The molecule has 16 heteroatoms. The molecule has 1 aromatic rings. The zero-order valence-electron chi connectivity index (χ0n) is 21.7. The number of aromatic nitrogens is 1. The highest BCUT2D eigenvalue weighted by Crippen LogP contribution is 2.41. The minimum absolute atomic E-state index is 0. The highest BCUT2D eigenvalue weighted by atomic mass is 35.5. The van der Waals surface area contributed by atoms with Crippen LogP contribution in [0.3, 0.4) is 0 Å². The number of primary amides is 1. The first-order valence-corrected chi connectivity index (χ1v) is 13.4. The van der Waals surface area contributed by atoms with Gasteiger partial charge in [0.2, 0.25) is 6.79 Å². The number of hydrogen-bond acceptors (Lipinski definition) is 12. The van der Waals surface area contributed by atoms with Gasteiger partial charge in [0, 0.05) is 16.7 Å². The van der Waals surface area contributed by atoms with Crippen LogP contribution in [0.4, 0.5) is 9.93 Å². The molecule has 3 heterocycles. The third-order valence-corrected chi connectivity index (χ3v) is 7.37. The average molecular weight is 604 g/mol. The molecule has 0 unspecified atom stereocenters. The summed E-state index contributed by atoms with van der Waals surface area (Å²) in [4.78, 5) is 67.6. The second kappa shape index (κ2) is 13.2. The van der Waals surface area contributed by atoms with E-state index in [1.54, 1.807) is 32.2 Å². The van der Waals surface area contributed by atoms with Gasteiger partial charge in [-0.25, -0.2) is 14.6 Å². The van der Waals surface area contributed by atoms with Crippen LogP contribution < -0.4 is 16.8 Å². The molecular weight excluding hydrogens is 574 g/mol. The van der Waals surface area contributed by atoms with Crippen LogP contribution in [0.5, 0.6) is 0 Å². The highest BCUT2D eigenvalue weighted by molar-refractivity contribution is 8.00. The van der Waals surface area contributed by atoms with E-state index in [-0.39, 0.29) is 41.6 Å². The molecule has 0 aromatic carbocycles. The van der Waals surface area contributed by atoms with E-state index < -0.39 is 53.5 Å². The maximum atomic E-state index is 13.1. The van der Waals surface area contributed by atoms with Gasteiger partial charge in [-0.1, -0.05) is 13.0 Å². The molecule has 3 amide bonds. The Balaban J connectivity index is 0.00000533. The van der Waals surface area contributed by atoms with Gasteiger partial charge >= 0.3 is 18.0 Å². The summed E-state index contributed by atoms with van der Waals surface area (Å²) in [7, 11) is 0. The molecule has 3 rings (SSSR count). The Labute approximate surface area is 239 Å². The number of nitrogen functional groups attached to an aromatic ring is 1. The number of carbonyl (C=O) groups is 5. The first kappa shape index (κ1) is 31.9. The number of nitrogens with zero attached hydrogens (tertiary/aromatic N) is 2. The predicted octanol–water partition coefficient (Wildman–Crippen LogP) is 1.78. The minimum atomic E-state index is -1.06. The Morgan fingerprint density at radius 1 is 1.23 bits per heavy atom. The Morgan fingerprint density at radius 3 is 2.49 bits per heavy atom. The van der Waals surface area contributed by atoms with Gasteiger partial charge in [-0.3, -0.25) is 19.3 Å². The van der Waals surface area contributed by atoms with Crippen molar-refractivity contribution < 1.29 is 38.2 Å². The lowest BCUT2D eigenvalue weighted by molar-refractivity contribution is -0.173. The molecule has 2 aliphatic heterocycles. The molecule has 0 bridgehead atoms. The van der Waals surface area contributed by atoms with Crippen LogP contribution in [0.2, 0.25) is 0 Å². The Bertz CT molecular complexity index is 1210. The van der Waals surface area contributed by atoms with Gasteiger partial charge < -0.3 is 31.0 Å². The first-order chi connectivity index (χ1) is 17.8. The van der Waals surface area contributed by atoms with E-state index in [4.69, 9.17) is 25.7 Å². The number of carbonyl (C=O) groups excluding carboxylic acids is 5. The summed E-state index contributed by atoms with van der Waals surface area (Å²) in [5.74, 6) is -2.45. The van der Waals surface area contributed by atoms with E-state index in [0.29, 0.717) is 17.2 Å². The first-order valence-electron chi connectivity index (χ1n) is 11.5. The summed E-state index contributed by atoms with van der Waals surface area (Å²) >= 11 is 2.45. The number of anilines is 1. The molecular formula is C23H30ClN5O8S2. The number of fused-ring (bicyclic) bond motifs is 1. The van der Waals surface area contributed by atoms with Gasteiger partial charge in [0.1, 0.15) is 23.7 Å². The second-order valence-electron chi connectivity index (χ2n) is 9.25. The van der Waals surface area contributed by atoms with Crippen molar-refractivity contribution in [3.8, 4) is 0 Å². The van der Waals surface area contributed by atoms with E-state index in [0.717, 1.165) is 4.90 Å². The van der Waals surface area contributed by atoms with E-state index in [2.05, 4.69) is 10.3 Å². The molecule has 2 atom stereocenters. The van der Waals surface area contributed by atoms with Crippen molar-refractivity contribution in [2.24, 2.45) is 11.1 Å². The molecule has 1 aromatic heterocycles.